The first-order valence-electron chi connectivity index (χ1n) is 8.21. The number of aryl methyl sites for hydroxylation is 1. The molecule has 1 fully saturated rings. The molecule has 1 aliphatic heterocycles. The molecule has 0 N–H and O–H groups in total. The van der Waals surface area contributed by atoms with Crippen molar-refractivity contribution in [1.29, 1.82) is 0 Å². The summed E-state index contributed by atoms with van der Waals surface area (Å²) in [4.78, 5) is 8.07. The average molecular weight is 359 g/mol. The lowest BCUT2D eigenvalue weighted by molar-refractivity contribution is 0.124. The second kappa shape index (κ2) is 7.76. The van der Waals surface area contributed by atoms with Crippen LogP contribution in [0.4, 0.5) is 0 Å². The minimum atomic E-state index is -3.42. The van der Waals surface area contributed by atoms with Crippen molar-refractivity contribution in [1.82, 2.24) is 14.3 Å². The Morgan fingerprint density at radius 3 is 2.40 bits per heavy atom. The molecular formula is C18H21N3O3S. The van der Waals surface area contributed by atoms with Crippen molar-refractivity contribution in [3.05, 3.63) is 59.3 Å². The highest BCUT2D eigenvalue weighted by atomic mass is 32.2. The number of aromatic nitrogens is 2. The molecule has 1 saturated heterocycles. The molecular weight excluding hydrogens is 338 g/mol. The molecule has 6 nitrogen and oxygen atoms in total. The summed E-state index contributed by atoms with van der Waals surface area (Å²) in [5.41, 5.74) is 2.01. The zero-order valence-electron chi connectivity index (χ0n) is 14.1. The molecule has 0 atom stereocenters. The van der Waals surface area contributed by atoms with Gasteiger partial charge in [0.2, 0.25) is 10.0 Å². The summed E-state index contributed by atoms with van der Waals surface area (Å²) >= 11 is 0. The van der Waals surface area contributed by atoms with Crippen LogP contribution in [0.5, 0.6) is 6.01 Å². The second-order valence-corrected chi connectivity index (χ2v) is 7.82. The van der Waals surface area contributed by atoms with Crippen molar-refractivity contribution >= 4 is 16.1 Å². The van der Waals surface area contributed by atoms with Gasteiger partial charge in [-0.15, -0.1) is 0 Å². The van der Waals surface area contributed by atoms with Gasteiger partial charge in [-0.25, -0.2) is 18.4 Å². The standard InChI is InChI=1S/C18H21N3O3S/c1-15-3-5-16(6-4-15)9-14-25(22,23)21-12-7-17(8-13-21)24-18-19-10-2-11-20-18/h2-6,9-11,14,17H,7-8,12-13H2,1H3/b14-9+. The van der Waals surface area contributed by atoms with Gasteiger partial charge in [-0.2, -0.15) is 4.31 Å². The van der Waals surface area contributed by atoms with E-state index in [0.29, 0.717) is 31.9 Å². The predicted molar refractivity (Wildman–Crippen MR) is 96.4 cm³/mol. The molecule has 0 amide bonds. The molecule has 1 aromatic heterocycles. The van der Waals surface area contributed by atoms with Crippen LogP contribution in [0.1, 0.15) is 24.0 Å². The topological polar surface area (TPSA) is 72.4 Å². The van der Waals surface area contributed by atoms with Crippen LogP contribution in [0.15, 0.2) is 48.1 Å². The molecule has 132 valence electrons. The molecule has 2 heterocycles. The van der Waals surface area contributed by atoms with Gasteiger partial charge in [-0.05, 0) is 37.5 Å². The Morgan fingerprint density at radius 2 is 1.76 bits per heavy atom. The molecule has 0 radical (unpaired) electrons. The van der Waals surface area contributed by atoms with Crippen molar-refractivity contribution in [3.63, 3.8) is 0 Å². The monoisotopic (exact) mass is 359 g/mol. The number of nitrogens with zero attached hydrogens (tertiary/aromatic N) is 3. The maximum Gasteiger partial charge on any atom is 0.316 e. The van der Waals surface area contributed by atoms with E-state index in [2.05, 4.69) is 9.97 Å². The summed E-state index contributed by atoms with van der Waals surface area (Å²) in [6.07, 6.45) is 6.06. The first-order chi connectivity index (χ1) is 12.0. The highest BCUT2D eigenvalue weighted by Crippen LogP contribution is 2.19. The number of hydrogen-bond acceptors (Lipinski definition) is 5. The smallest absolute Gasteiger partial charge is 0.316 e. The third-order valence-corrected chi connectivity index (χ3v) is 5.65. The predicted octanol–water partition coefficient (Wildman–Crippen LogP) is 2.63. The van der Waals surface area contributed by atoms with Gasteiger partial charge in [0.05, 0.1) is 0 Å². The zero-order valence-corrected chi connectivity index (χ0v) is 14.9. The number of hydrogen-bond donors (Lipinski definition) is 0. The van der Waals surface area contributed by atoms with E-state index in [-0.39, 0.29) is 6.10 Å². The lowest BCUT2D eigenvalue weighted by atomic mass is 10.1. The van der Waals surface area contributed by atoms with Crippen molar-refractivity contribution in [3.8, 4) is 6.01 Å². The Morgan fingerprint density at radius 1 is 1.12 bits per heavy atom. The van der Waals surface area contributed by atoms with E-state index in [1.807, 2.05) is 31.2 Å². The van der Waals surface area contributed by atoms with Crippen LogP contribution in [0.2, 0.25) is 0 Å². The SMILES string of the molecule is Cc1ccc(/C=C/S(=O)(=O)N2CCC(Oc3ncccn3)CC2)cc1. The molecule has 7 heteroatoms. The number of sulfonamides is 1. The largest absolute Gasteiger partial charge is 0.460 e. The Bertz CT molecular complexity index is 812. The van der Waals surface area contributed by atoms with E-state index in [9.17, 15) is 8.42 Å². The Balaban J connectivity index is 1.56. The summed E-state index contributed by atoms with van der Waals surface area (Å²) in [6.45, 7) is 2.85. The third kappa shape index (κ3) is 4.87. The number of benzene rings is 1. The van der Waals surface area contributed by atoms with Crippen molar-refractivity contribution in [2.45, 2.75) is 25.9 Å². The molecule has 3 rings (SSSR count). The van der Waals surface area contributed by atoms with E-state index >= 15 is 0 Å². The minimum Gasteiger partial charge on any atom is -0.460 e. The van der Waals surface area contributed by atoms with Crippen LogP contribution in [-0.2, 0) is 10.0 Å². The molecule has 0 aliphatic carbocycles. The fourth-order valence-corrected chi connectivity index (χ4v) is 3.85. The molecule has 0 unspecified atom stereocenters. The lowest BCUT2D eigenvalue weighted by Gasteiger charge is -2.29. The highest BCUT2D eigenvalue weighted by molar-refractivity contribution is 7.92. The summed E-state index contributed by atoms with van der Waals surface area (Å²) < 4.78 is 32.1. The first-order valence-corrected chi connectivity index (χ1v) is 9.72. The van der Waals surface area contributed by atoms with E-state index in [0.717, 1.165) is 11.1 Å². The summed E-state index contributed by atoms with van der Waals surface area (Å²) in [6, 6.07) is 9.79. The fraction of sp³-hybridized carbons (Fsp3) is 0.333. The Kier molecular flexibility index (Phi) is 5.45. The quantitative estimate of drug-likeness (QED) is 0.821. The third-order valence-electron chi connectivity index (χ3n) is 4.08. The Labute approximate surface area is 148 Å². The lowest BCUT2D eigenvalue weighted by Crippen LogP contribution is -2.41. The van der Waals surface area contributed by atoms with Gasteiger partial charge in [0.15, 0.2) is 0 Å². The Hall–Kier alpha value is -2.25. The minimum absolute atomic E-state index is 0.0603. The highest BCUT2D eigenvalue weighted by Gasteiger charge is 2.27. The second-order valence-electron chi connectivity index (χ2n) is 6.01. The van der Waals surface area contributed by atoms with Gasteiger partial charge < -0.3 is 4.74 Å². The van der Waals surface area contributed by atoms with Crippen LogP contribution in [0.3, 0.4) is 0 Å². The van der Waals surface area contributed by atoms with E-state index in [1.165, 1.54) is 9.71 Å². The molecule has 0 bridgehead atoms. The molecule has 2 aromatic rings. The fourth-order valence-electron chi connectivity index (χ4n) is 2.63. The first kappa shape index (κ1) is 17.6. The molecule has 1 aromatic carbocycles. The zero-order chi connectivity index (χ0) is 17.7. The van der Waals surface area contributed by atoms with E-state index in [1.54, 1.807) is 24.5 Å². The van der Waals surface area contributed by atoms with Crippen LogP contribution in [0, 0.1) is 6.92 Å². The molecule has 0 spiro atoms. The normalized spacial score (nSPS) is 17.0. The van der Waals surface area contributed by atoms with Crippen molar-refractivity contribution in [2.24, 2.45) is 0 Å². The van der Waals surface area contributed by atoms with Gasteiger partial charge in [0, 0.05) is 30.9 Å². The average Bonchev–Trinajstić information content (AvgIpc) is 2.63. The number of rotatable bonds is 5. The van der Waals surface area contributed by atoms with Crippen molar-refractivity contribution in [2.75, 3.05) is 13.1 Å². The number of piperidine rings is 1. The summed E-state index contributed by atoms with van der Waals surface area (Å²) in [5.74, 6) is 0. The van der Waals surface area contributed by atoms with Gasteiger partial charge in [-0.1, -0.05) is 29.8 Å². The van der Waals surface area contributed by atoms with Crippen LogP contribution < -0.4 is 4.74 Å². The van der Waals surface area contributed by atoms with Crippen LogP contribution in [0.25, 0.3) is 6.08 Å². The summed E-state index contributed by atoms with van der Waals surface area (Å²) in [5, 5.41) is 1.28. The van der Waals surface area contributed by atoms with Gasteiger partial charge in [0.25, 0.3) is 0 Å². The van der Waals surface area contributed by atoms with Gasteiger partial charge in [0.1, 0.15) is 6.10 Å². The maximum absolute atomic E-state index is 12.5. The van der Waals surface area contributed by atoms with Gasteiger partial charge >= 0.3 is 6.01 Å². The maximum atomic E-state index is 12.5. The van der Waals surface area contributed by atoms with E-state index < -0.39 is 10.0 Å². The summed E-state index contributed by atoms with van der Waals surface area (Å²) in [7, 11) is -3.42. The molecule has 0 saturated carbocycles. The van der Waals surface area contributed by atoms with Gasteiger partial charge in [-0.3, -0.25) is 0 Å². The van der Waals surface area contributed by atoms with Crippen LogP contribution >= 0.6 is 0 Å². The van der Waals surface area contributed by atoms with E-state index in [4.69, 9.17) is 4.74 Å². The van der Waals surface area contributed by atoms with Crippen molar-refractivity contribution < 1.29 is 13.2 Å². The molecule has 1 aliphatic rings. The number of ether oxygens (including phenoxy) is 1. The van der Waals surface area contributed by atoms with Crippen LogP contribution in [-0.4, -0.2) is 41.9 Å². The molecule has 25 heavy (non-hydrogen) atoms.